The Balaban J connectivity index is 0. The molecule has 4 atom stereocenters. The van der Waals surface area contributed by atoms with Gasteiger partial charge in [-0.3, -0.25) is 0 Å². The third-order valence-corrected chi connectivity index (χ3v) is 1.70. The molecule has 0 heterocycles. The number of aliphatic hydroxyl groups excluding tert-OH is 4. The Morgan fingerprint density at radius 1 is 1.18 bits per heavy atom. The number of carbonyl (C=O) groups excluding carboxylic acids is 1. The second-order valence-electron chi connectivity index (χ2n) is 2.85. The predicted molar refractivity (Wildman–Crippen MR) is 43.0 cm³/mol. The molecule has 0 aromatic carbocycles. The van der Waals surface area contributed by atoms with E-state index in [0.29, 0.717) is 0 Å². The zero-order chi connectivity index (χ0) is 12.9. The zero-order valence-corrected chi connectivity index (χ0v) is 10.9. The van der Waals surface area contributed by atoms with E-state index in [9.17, 15) is 14.7 Å². The first-order valence-electron chi connectivity index (χ1n) is 4.06. The maximum Gasteiger partial charge on any atom is 1.00 e. The molecule has 0 amide bonds. The van der Waals surface area contributed by atoms with Gasteiger partial charge in [0.15, 0.2) is 6.10 Å². The third kappa shape index (κ3) is 6.17. The number of carboxylic acid groups (broad SMARTS) is 2. The standard InChI is InChI=1S/C7H12O9.Na/c8-1-2(9)3(10)4(11)5(6(12)13)16-7(14)15;/h2-5,8-11H,1H2,(H,12,13)(H,14,15);/q;+1/p-1/t2-,3-,4+,5-;/m1./s1. The SMILES string of the molecule is O=C(O)O[C@@H](C(=O)[O-])[C@@H](O)[C@H](O)[C@H](O)CO.[Na+]. The van der Waals surface area contributed by atoms with E-state index < -0.39 is 43.1 Å². The van der Waals surface area contributed by atoms with Crippen molar-refractivity contribution in [3.05, 3.63) is 0 Å². The summed E-state index contributed by atoms with van der Waals surface area (Å²) < 4.78 is 3.74. The van der Waals surface area contributed by atoms with Crippen molar-refractivity contribution >= 4 is 12.1 Å². The van der Waals surface area contributed by atoms with Crippen LogP contribution < -0.4 is 34.7 Å². The Hall–Kier alpha value is -0.420. The van der Waals surface area contributed by atoms with Gasteiger partial charge in [-0.05, 0) is 0 Å². The number of rotatable bonds is 6. The van der Waals surface area contributed by atoms with Crippen LogP contribution in [0, 0.1) is 0 Å². The van der Waals surface area contributed by atoms with Crippen molar-refractivity contribution in [2.75, 3.05) is 6.61 Å². The van der Waals surface area contributed by atoms with Crippen LogP contribution >= 0.6 is 0 Å². The van der Waals surface area contributed by atoms with Crippen LogP contribution in [0.25, 0.3) is 0 Å². The first-order chi connectivity index (χ1) is 7.31. The number of ether oxygens (including phenoxy) is 1. The van der Waals surface area contributed by atoms with Crippen LogP contribution in [0.2, 0.25) is 0 Å². The summed E-state index contributed by atoms with van der Waals surface area (Å²) in [5, 5.41) is 54.1. The van der Waals surface area contributed by atoms with Gasteiger partial charge in [0.2, 0.25) is 0 Å². The second kappa shape index (κ2) is 8.64. The summed E-state index contributed by atoms with van der Waals surface area (Å²) in [6.45, 7) is -0.953. The predicted octanol–water partition coefficient (Wildman–Crippen LogP) is -7.12. The van der Waals surface area contributed by atoms with E-state index in [2.05, 4.69) is 4.74 Å². The fourth-order valence-corrected chi connectivity index (χ4v) is 0.881. The molecule has 0 bridgehead atoms. The van der Waals surface area contributed by atoms with Crippen LogP contribution in [0.4, 0.5) is 4.79 Å². The topological polar surface area (TPSA) is 168 Å². The number of aliphatic carboxylic acids is 1. The molecule has 0 spiro atoms. The van der Waals surface area contributed by atoms with Gasteiger partial charge in [-0.25, -0.2) is 4.79 Å². The molecule has 0 saturated heterocycles. The molecule has 0 aliphatic rings. The molecule has 0 aliphatic heterocycles. The molecule has 0 radical (unpaired) electrons. The van der Waals surface area contributed by atoms with E-state index in [1.807, 2.05) is 0 Å². The number of carbonyl (C=O) groups is 2. The number of carboxylic acids is 1. The molecule has 0 fully saturated rings. The third-order valence-electron chi connectivity index (χ3n) is 1.70. The van der Waals surface area contributed by atoms with Gasteiger partial charge < -0.3 is 40.2 Å². The van der Waals surface area contributed by atoms with E-state index in [4.69, 9.17) is 25.5 Å². The average Bonchev–Trinajstić information content (AvgIpc) is 2.22. The molecule has 0 saturated carbocycles. The quantitative estimate of drug-likeness (QED) is 0.230. The van der Waals surface area contributed by atoms with Crippen molar-refractivity contribution in [2.24, 2.45) is 0 Å². The molecule has 0 rings (SSSR count). The van der Waals surface area contributed by atoms with E-state index in [0.717, 1.165) is 0 Å². The van der Waals surface area contributed by atoms with E-state index in [-0.39, 0.29) is 29.6 Å². The summed E-state index contributed by atoms with van der Waals surface area (Å²) >= 11 is 0. The molecule has 94 valence electrons. The van der Waals surface area contributed by atoms with Crippen LogP contribution in [-0.2, 0) is 9.53 Å². The van der Waals surface area contributed by atoms with Gasteiger partial charge in [-0.1, -0.05) is 0 Å². The Bertz CT molecular complexity index is 258. The number of aliphatic hydroxyl groups is 4. The molecule has 0 aromatic rings. The van der Waals surface area contributed by atoms with Crippen LogP contribution in [0.5, 0.6) is 0 Å². The summed E-state index contributed by atoms with van der Waals surface area (Å²) in [6, 6.07) is 0. The van der Waals surface area contributed by atoms with Gasteiger partial charge in [0.1, 0.15) is 18.3 Å². The van der Waals surface area contributed by atoms with Crippen LogP contribution in [-0.4, -0.2) is 68.7 Å². The van der Waals surface area contributed by atoms with Crippen molar-refractivity contribution in [1.82, 2.24) is 0 Å². The van der Waals surface area contributed by atoms with Crippen molar-refractivity contribution in [3.8, 4) is 0 Å². The number of hydrogen-bond acceptors (Lipinski definition) is 8. The van der Waals surface area contributed by atoms with Crippen molar-refractivity contribution < 1.29 is 74.5 Å². The van der Waals surface area contributed by atoms with Crippen molar-refractivity contribution in [3.63, 3.8) is 0 Å². The number of hydrogen-bond donors (Lipinski definition) is 5. The van der Waals surface area contributed by atoms with Crippen molar-refractivity contribution in [2.45, 2.75) is 24.4 Å². The molecule has 10 heteroatoms. The minimum atomic E-state index is -2.37. The van der Waals surface area contributed by atoms with Crippen LogP contribution in [0.15, 0.2) is 0 Å². The van der Waals surface area contributed by atoms with E-state index >= 15 is 0 Å². The maximum atomic E-state index is 10.4. The molecule has 9 nitrogen and oxygen atoms in total. The summed E-state index contributed by atoms with van der Waals surface area (Å²) in [7, 11) is 0. The Morgan fingerprint density at radius 2 is 1.65 bits per heavy atom. The Morgan fingerprint density at radius 3 is 1.94 bits per heavy atom. The minimum Gasteiger partial charge on any atom is -0.546 e. The van der Waals surface area contributed by atoms with Crippen LogP contribution in [0.3, 0.4) is 0 Å². The van der Waals surface area contributed by atoms with Gasteiger partial charge in [-0.2, -0.15) is 0 Å². The minimum absolute atomic E-state index is 0. The second-order valence-corrected chi connectivity index (χ2v) is 2.85. The normalized spacial score (nSPS) is 17.2. The smallest absolute Gasteiger partial charge is 0.546 e. The van der Waals surface area contributed by atoms with Gasteiger partial charge in [0.25, 0.3) is 0 Å². The molecule has 0 aromatic heterocycles. The van der Waals surface area contributed by atoms with E-state index in [1.165, 1.54) is 0 Å². The summed E-state index contributed by atoms with van der Waals surface area (Å²) in [5.41, 5.74) is 0. The largest absolute Gasteiger partial charge is 1.00 e. The van der Waals surface area contributed by atoms with E-state index in [1.54, 1.807) is 0 Å². The molecular weight excluding hydrogens is 251 g/mol. The van der Waals surface area contributed by atoms with Gasteiger partial charge in [0.05, 0.1) is 12.6 Å². The van der Waals surface area contributed by atoms with Gasteiger partial charge >= 0.3 is 35.7 Å². The monoisotopic (exact) mass is 262 g/mol. The molecule has 0 unspecified atom stereocenters. The molecular formula is C7H11NaO9. The zero-order valence-electron chi connectivity index (χ0n) is 8.89. The fraction of sp³-hybridized carbons (Fsp3) is 0.714. The first kappa shape index (κ1) is 18.9. The van der Waals surface area contributed by atoms with Crippen molar-refractivity contribution in [1.29, 1.82) is 0 Å². The summed E-state index contributed by atoms with van der Waals surface area (Å²) in [6.07, 6.45) is -10.6. The molecule has 17 heavy (non-hydrogen) atoms. The average molecular weight is 262 g/mol. The molecule has 0 aliphatic carbocycles. The maximum absolute atomic E-state index is 10.4. The van der Waals surface area contributed by atoms with Crippen LogP contribution in [0.1, 0.15) is 0 Å². The Labute approximate surface area is 118 Å². The molecule has 5 N–H and O–H groups in total. The fourth-order valence-electron chi connectivity index (χ4n) is 0.881. The summed E-state index contributed by atoms with van der Waals surface area (Å²) in [5.74, 6) is -2.08. The van der Waals surface area contributed by atoms with Gasteiger partial charge in [-0.15, -0.1) is 0 Å². The Kier molecular flexibility index (Phi) is 9.62. The first-order valence-corrected chi connectivity index (χ1v) is 4.06. The van der Waals surface area contributed by atoms with Gasteiger partial charge in [0, 0.05) is 0 Å². The summed E-state index contributed by atoms with van der Waals surface area (Å²) in [4.78, 5) is 20.4.